The first-order valence-corrected chi connectivity index (χ1v) is 3.75. The fraction of sp³-hybridized carbons (Fsp3) is 0.222. The molecule has 0 saturated heterocycles. The molecule has 0 amide bonds. The van der Waals surface area contributed by atoms with Crippen LogP contribution in [0.25, 0.3) is 0 Å². The largest absolute Gasteiger partial charge is 0.393 e. The van der Waals surface area contributed by atoms with Crippen molar-refractivity contribution < 1.29 is 18.0 Å². The van der Waals surface area contributed by atoms with E-state index in [4.69, 9.17) is 0 Å². The highest BCUT2D eigenvalue weighted by Gasteiger charge is 2.28. The van der Waals surface area contributed by atoms with Crippen LogP contribution in [0.4, 0.5) is 18.9 Å². The number of aliphatic imine (C=N–C) groups is 1. The number of carbonyl (C=O) groups excluding carboxylic acids is 1. The molecule has 5 heteroatoms. The van der Waals surface area contributed by atoms with Gasteiger partial charge in [0.05, 0.1) is 12.1 Å². The normalized spacial score (nSPS) is 10.8. The molecule has 0 heterocycles. The van der Waals surface area contributed by atoms with Crippen molar-refractivity contribution in [2.75, 3.05) is 0 Å². The maximum Gasteiger partial charge on any atom is 0.393 e. The van der Waals surface area contributed by atoms with Crippen molar-refractivity contribution in [1.82, 2.24) is 0 Å². The molecule has 0 spiro atoms. The van der Waals surface area contributed by atoms with Gasteiger partial charge < -0.3 is 0 Å². The lowest BCUT2D eigenvalue weighted by Crippen LogP contribution is -2.11. The second-order valence-corrected chi connectivity index (χ2v) is 2.62. The van der Waals surface area contributed by atoms with Crippen molar-refractivity contribution in [2.45, 2.75) is 12.6 Å². The third kappa shape index (κ3) is 3.03. The van der Waals surface area contributed by atoms with E-state index in [1.165, 1.54) is 30.3 Å². The van der Waals surface area contributed by atoms with Crippen molar-refractivity contribution >= 4 is 11.8 Å². The second kappa shape index (κ2) is 4.07. The molecule has 0 N–H and O–H groups in total. The summed E-state index contributed by atoms with van der Waals surface area (Å²) in [6.45, 7) is 0. The van der Waals surface area contributed by atoms with E-state index in [9.17, 15) is 18.0 Å². The Morgan fingerprint density at radius 3 is 2.50 bits per heavy atom. The van der Waals surface area contributed by atoms with Gasteiger partial charge in [-0.1, -0.05) is 18.2 Å². The number of halogens is 3. The van der Waals surface area contributed by atoms with Crippen LogP contribution >= 0.6 is 0 Å². The minimum atomic E-state index is -4.30. The van der Waals surface area contributed by atoms with Gasteiger partial charge in [0, 0.05) is 0 Å². The molecule has 0 radical (unpaired) electrons. The molecule has 14 heavy (non-hydrogen) atoms. The molecule has 0 aliphatic heterocycles. The van der Waals surface area contributed by atoms with E-state index in [0.717, 1.165) is 0 Å². The molecule has 0 bridgehead atoms. The Labute approximate surface area is 78.1 Å². The number of para-hydroxylation sites is 1. The van der Waals surface area contributed by atoms with Gasteiger partial charge in [-0.15, -0.1) is 0 Å². The molecule has 0 fully saturated rings. The van der Waals surface area contributed by atoms with Crippen LogP contribution in [0.5, 0.6) is 0 Å². The van der Waals surface area contributed by atoms with Gasteiger partial charge >= 0.3 is 6.18 Å². The number of benzene rings is 1. The second-order valence-electron chi connectivity index (χ2n) is 2.62. The molecule has 0 atom stereocenters. The van der Waals surface area contributed by atoms with E-state index in [-0.39, 0.29) is 11.3 Å². The van der Waals surface area contributed by atoms with Crippen LogP contribution in [-0.4, -0.2) is 12.3 Å². The lowest BCUT2D eigenvalue weighted by atomic mass is 10.1. The molecule has 74 valence electrons. The first-order valence-electron chi connectivity index (χ1n) is 3.75. The quantitative estimate of drug-likeness (QED) is 0.534. The smallest absolute Gasteiger partial charge is 0.211 e. The zero-order valence-corrected chi connectivity index (χ0v) is 7.01. The Kier molecular flexibility index (Phi) is 3.04. The molecule has 1 rings (SSSR count). The van der Waals surface area contributed by atoms with Gasteiger partial charge in [0.25, 0.3) is 0 Å². The summed E-state index contributed by atoms with van der Waals surface area (Å²) in [5, 5.41) is 0. The maximum absolute atomic E-state index is 12.0. The van der Waals surface area contributed by atoms with E-state index in [2.05, 4.69) is 4.99 Å². The van der Waals surface area contributed by atoms with Crippen molar-refractivity contribution in [3.8, 4) is 0 Å². The van der Waals surface area contributed by atoms with Crippen molar-refractivity contribution in [2.24, 2.45) is 4.99 Å². The van der Waals surface area contributed by atoms with Gasteiger partial charge in [0.1, 0.15) is 0 Å². The SMILES string of the molecule is O=C=Nc1ccccc1CC(F)(F)F. The fourth-order valence-corrected chi connectivity index (χ4v) is 1.03. The average molecular weight is 201 g/mol. The van der Waals surface area contributed by atoms with Gasteiger partial charge in [0.15, 0.2) is 0 Å². The Hall–Kier alpha value is -1.61. The summed E-state index contributed by atoms with van der Waals surface area (Å²) in [7, 11) is 0. The monoisotopic (exact) mass is 201 g/mol. The molecule has 0 saturated carbocycles. The van der Waals surface area contributed by atoms with E-state index in [0.29, 0.717) is 0 Å². The number of alkyl halides is 3. The molecule has 2 nitrogen and oxygen atoms in total. The van der Waals surface area contributed by atoms with Crippen LogP contribution in [0, 0.1) is 0 Å². The predicted octanol–water partition coefficient (Wildman–Crippen LogP) is 2.76. The Morgan fingerprint density at radius 1 is 1.29 bits per heavy atom. The Balaban J connectivity index is 3.01. The van der Waals surface area contributed by atoms with Crippen LogP contribution < -0.4 is 0 Å². The first kappa shape index (κ1) is 10.5. The average Bonchev–Trinajstić information content (AvgIpc) is 2.06. The minimum Gasteiger partial charge on any atom is -0.211 e. The third-order valence-corrected chi connectivity index (χ3v) is 1.55. The predicted molar refractivity (Wildman–Crippen MR) is 44.0 cm³/mol. The van der Waals surface area contributed by atoms with Crippen LogP contribution in [0.2, 0.25) is 0 Å². The van der Waals surface area contributed by atoms with E-state index in [1.54, 1.807) is 0 Å². The summed E-state index contributed by atoms with van der Waals surface area (Å²) in [6, 6.07) is 5.59. The molecule has 0 aliphatic rings. The molecule has 0 aliphatic carbocycles. The number of hydrogen-bond acceptors (Lipinski definition) is 2. The van der Waals surface area contributed by atoms with Gasteiger partial charge in [-0.3, -0.25) is 0 Å². The molecule has 0 aromatic heterocycles. The zero-order valence-electron chi connectivity index (χ0n) is 7.01. The summed E-state index contributed by atoms with van der Waals surface area (Å²) in [5.41, 5.74) is -0.0109. The van der Waals surface area contributed by atoms with Gasteiger partial charge in [-0.05, 0) is 11.6 Å². The van der Waals surface area contributed by atoms with E-state index < -0.39 is 12.6 Å². The molecule has 1 aromatic rings. The van der Waals surface area contributed by atoms with E-state index >= 15 is 0 Å². The lowest BCUT2D eigenvalue weighted by Gasteiger charge is -2.07. The van der Waals surface area contributed by atoms with Crippen LogP contribution in [0.1, 0.15) is 5.56 Å². The summed E-state index contributed by atoms with van der Waals surface area (Å²) in [5.74, 6) is 0. The fourth-order valence-electron chi connectivity index (χ4n) is 1.03. The molecule has 1 aromatic carbocycles. The van der Waals surface area contributed by atoms with Crippen LogP contribution in [0.3, 0.4) is 0 Å². The van der Waals surface area contributed by atoms with Gasteiger partial charge in [-0.25, -0.2) is 4.79 Å². The van der Waals surface area contributed by atoms with Gasteiger partial charge in [0.2, 0.25) is 6.08 Å². The third-order valence-electron chi connectivity index (χ3n) is 1.55. The Bertz CT molecular complexity index is 367. The first-order chi connectivity index (χ1) is 6.53. The Morgan fingerprint density at radius 2 is 1.93 bits per heavy atom. The number of isocyanates is 1. The van der Waals surface area contributed by atoms with E-state index in [1.807, 2.05) is 0 Å². The summed E-state index contributed by atoms with van der Waals surface area (Å²) in [4.78, 5) is 13.1. The summed E-state index contributed by atoms with van der Waals surface area (Å²) >= 11 is 0. The van der Waals surface area contributed by atoms with Gasteiger partial charge in [-0.2, -0.15) is 18.2 Å². The highest BCUT2D eigenvalue weighted by Crippen LogP contribution is 2.27. The lowest BCUT2D eigenvalue weighted by molar-refractivity contribution is -0.127. The van der Waals surface area contributed by atoms with Crippen molar-refractivity contribution in [3.63, 3.8) is 0 Å². The van der Waals surface area contributed by atoms with Crippen LogP contribution in [-0.2, 0) is 11.2 Å². The molecular formula is C9H6F3NO. The van der Waals surface area contributed by atoms with Crippen molar-refractivity contribution in [1.29, 1.82) is 0 Å². The number of hydrogen-bond donors (Lipinski definition) is 0. The highest BCUT2D eigenvalue weighted by molar-refractivity contribution is 5.53. The van der Waals surface area contributed by atoms with Crippen LogP contribution in [0.15, 0.2) is 29.3 Å². The molecular weight excluding hydrogens is 195 g/mol. The molecule has 0 unspecified atom stereocenters. The minimum absolute atomic E-state index is 0.0137. The van der Waals surface area contributed by atoms with Crippen molar-refractivity contribution in [3.05, 3.63) is 29.8 Å². The zero-order chi connectivity index (χ0) is 10.6. The number of nitrogens with zero attached hydrogens (tertiary/aromatic N) is 1. The topological polar surface area (TPSA) is 29.4 Å². The summed E-state index contributed by atoms with van der Waals surface area (Å²) in [6.07, 6.45) is -4.17. The highest BCUT2D eigenvalue weighted by atomic mass is 19.4. The number of rotatable bonds is 2. The maximum atomic E-state index is 12.0. The summed E-state index contributed by atoms with van der Waals surface area (Å²) < 4.78 is 36.1. The standard InChI is InChI=1S/C9H6F3NO/c10-9(11,12)5-7-3-1-2-4-8(7)13-6-14/h1-4H,5H2.